The van der Waals surface area contributed by atoms with Crippen LogP contribution in [0.2, 0.25) is 0 Å². The van der Waals surface area contributed by atoms with Crippen LogP contribution < -0.4 is 71.9 Å². The van der Waals surface area contributed by atoms with E-state index >= 15 is 0 Å². The van der Waals surface area contributed by atoms with Crippen LogP contribution >= 0.6 is 0 Å². The molecule has 0 unspecified atom stereocenters. The van der Waals surface area contributed by atoms with E-state index in [4.69, 9.17) is 5.11 Å². The zero-order valence-corrected chi connectivity index (χ0v) is 15.8. The quantitative estimate of drug-likeness (QED) is 0.158. The Morgan fingerprint density at radius 2 is 1.50 bits per heavy atom. The van der Waals surface area contributed by atoms with Crippen LogP contribution in [0, 0.1) is 0 Å². The Balaban J connectivity index is -0.000000807. The van der Waals surface area contributed by atoms with E-state index in [0.29, 0.717) is 18.4 Å². The molecule has 130 valence electrons. The van der Waals surface area contributed by atoms with E-state index in [2.05, 4.69) is 11.6 Å². The molecular formula is C14H19Li3N2O7. The summed E-state index contributed by atoms with van der Waals surface area (Å²) in [7, 11) is 0. The molecule has 12 heteroatoms. The second kappa shape index (κ2) is 17.8. The predicted octanol–water partition coefficient (Wildman–Crippen LogP) is -12.2. The van der Waals surface area contributed by atoms with E-state index in [0.717, 1.165) is 4.90 Å². The van der Waals surface area contributed by atoms with Gasteiger partial charge in [0, 0.05) is 19.6 Å². The summed E-state index contributed by atoms with van der Waals surface area (Å²) < 4.78 is 0. The van der Waals surface area contributed by atoms with Gasteiger partial charge in [0.1, 0.15) is 6.04 Å². The number of carboxylic acids is 3. The summed E-state index contributed by atoms with van der Waals surface area (Å²) in [5.74, 6) is -4.95. The minimum Gasteiger partial charge on any atom is -0.859 e. The van der Waals surface area contributed by atoms with Crippen LogP contribution in [-0.2, 0) is 14.4 Å². The molecule has 0 spiro atoms. The summed E-state index contributed by atoms with van der Waals surface area (Å²) in [5.41, 5.74) is 0.294. The van der Waals surface area contributed by atoms with Crippen molar-refractivity contribution >= 4 is 23.8 Å². The normalized spacial score (nSPS) is 11.4. The molecule has 26 heavy (non-hydrogen) atoms. The Hall–Kier alpha value is -0.628. The molecule has 0 saturated heterocycles. The third-order valence-electron chi connectivity index (χ3n) is 2.90. The molecule has 0 aliphatic rings. The number of nitrogens with zero attached hydrogens (tertiary/aromatic N) is 2. The molecular weight excluding hydrogens is 329 g/mol. The number of carboxylic acid groups (broad SMARTS) is 3. The third kappa shape index (κ3) is 15.6. The van der Waals surface area contributed by atoms with Crippen LogP contribution in [-0.4, -0.2) is 59.5 Å². The van der Waals surface area contributed by atoms with Gasteiger partial charge in [0.05, 0.1) is 11.9 Å². The molecule has 9 nitrogen and oxygen atoms in total. The maximum absolute atomic E-state index is 11.2. The maximum Gasteiger partial charge on any atom is 1.00 e. The Labute approximate surface area is 188 Å². The second-order valence-corrected chi connectivity index (χ2v) is 4.97. The first-order valence-electron chi connectivity index (χ1n) is 6.89. The number of aliphatic imine (C=N–C) groups is 1. The molecule has 1 atom stereocenters. The fraction of sp³-hybridized carbons (Fsp3) is 0.571. The monoisotopic (exact) mass is 348 g/mol. The van der Waals surface area contributed by atoms with Gasteiger partial charge in [-0.2, -0.15) is 0 Å². The predicted molar refractivity (Wildman–Crippen MR) is 74.0 cm³/mol. The van der Waals surface area contributed by atoms with E-state index < -0.39 is 42.9 Å². The van der Waals surface area contributed by atoms with E-state index in [1.54, 1.807) is 0 Å². The number of hydrogen-bond acceptors (Lipinski definition) is 8. The number of aliphatic carboxylic acids is 3. The topological polar surface area (TPSA) is 156 Å². The summed E-state index contributed by atoms with van der Waals surface area (Å²) in [4.78, 5) is 36.9. The first-order chi connectivity index (χ1) is 10.6. The molecule has 0 aromatic heterocycles. The molecule has 0 bridgehead atoms. The van der Waals surface area contributed by atoms with Gasteiger partial charge in [-0.05, 0) is 37.7 Å². The summed E-state index contributed by atoms with van der Waals surface area (Å²) in [6, 6.07) is -1.30. The number of carbonyl (C=O) groups excluding carboxylic acids is 2. The molecule has 0 fully saturated rings. The SMILES string of the molecule is C=C(C)C([O-])=NCCCC[C@@H](C(=O)O)N(CC(=O)[O-])CC(=O)[O-].[Li+].[Li+].[Li+]. The van der Waals surface area contributed by atoms with Crippen molar-refractivity contribution in [3.05, 3.63) is 12.2 Å². The first-order valence-corrected chi connectivity index (χ1v) is 6.89. The van der Waals surface area contributed by atoms with Crippen molar-refractivity contribution in [2.45, 2.75) is 32.2 Å². The minimum atomic E-state index is -1.58. The van der Waals surface area contributed by atoms with Crippen LogP contribution in [0.25, 0.3) is 0 Å². The number of unbranched alkanes of at least 4 members (excludes halogenated alkanes) is 1. The average molecular weight is 348 g/mol. The smallest absolute Gasteiger partial charge is 0.859 e. The van der Waals surface area contributed by atoms with Crippen molar-refractivity contribution in [1.29, 1.82) is 0 Å². The first kappa shape index (κ1) is 33.0. The van der Waals surface area contributed by atoms with Gasteiger partial charge in [-0.3, -0.25) is 9.69 Å². The zero-order valence-electron chi connectivity index (χ0n) is 15.8. The van der Waals surface area contributed by atoms with Crippen molar-refractivity contribution in [2.75, 3.05) is 19.6 Å². The van der Waals surface area contributed by atoms with Crippen LogP contribution in [0.1, 0.15) is 26.2 Å². The van der Waals surface area contributed by atoms with Gasteiger partial charge in [-0.25, -0.2) is 0 Å². The fourth-order valence-electron chi connectivity index (χ4n) is 1.84. The van der Waals surface area contributed by atoms with Crippen LogP contribution in [0.4, 0.5) is 0 Å². The van der Waals surface area contributed by atoms with Crippen molar-refractivity contribution in [1.82, 2.24) is 4.90 Å². The molecule has 0 aliphatic heterocycles. The molecule has 0 radical (unpaired) electrons. The maximum atomic E-state index is 11.2. The third-order valence-corrected chi connectivity index (χ3v) is 2.90. The van der Waals surface area contributed by atoms with Gasteiger partial charge < -0.3 is 35.0 Å². The Morgan fingerprint density at radius 3 is 1.85 bits per heavy atom. The molecule has 0 heterocycles. The van der Waals surface area contributed by atoms with Crippen molar-refractivity contribution in [3.63, 3.8) is 0 Å². The van der Waals surface area contributed by atoms with Crippen LogP contribution in [0.15, 0.2) is 17.1 Å². The van der Waals surface area contributed by atoms with E-state index in [9.17, 15) is 29.7 Å². The molecule has 0 rings (SSSR count). The van der Waals surface area contributed by atoms with E-state index in [1.807, 2.05) is 0 Å². The van der Waals surface area contributed by atoms with Gasteiger partial charge in [0.15, 0.2) is 0 Å². The average Bonchev–Trinajstić information content (AvgIpc) is 2.39. The van der Waals surface area contributed by atoms with Gasteiger partial charge in [-0.15, -0.1) is 0 Å². The van der Waals surface area contributed by atoms with Crippen LogP contribution in [0.3, 0.4) is 0 Å². The van der Waals surface area contributed by atoms with E-state index in [-0.39, 0.29) is 69.5 Å². The van der Waals surface area contributed by atoms with Gasteiger partial charge in [0.25, 0.3) is 0 Å². The second-order valence-electron chi connectivity index (χ2n) is 4.97. The van der Waals surface area contributed by atoms with Crippen molar-refractivity contribution in [3.8, 4) is 0 Å². The van der Waals surface area contributed by atoms with Crippen molar-refractivity contribution in [2.24, 2.45) is 4.99 Å². The molecule has 0 saturated carbocycles. The van der Waals surface area contributed by atoms with Crippen LogP contribution in [0.5, 0.6) is 0 Å². The standard InChI is InChI=1S/C14H22N2O7.3Li/c1-9(2)13(21)15-6-4-3-5-10(14(22)23)16(7-11(17)18)8-12(19)20;;;/h10H,1,3-8H2,2H3,(H,15,21)(H,17,18)(H,19,20)(H,22,23);;;/q;3*+1/p-3/t10-;;;/m0.../s1. The number of hydrogen-bond donors (Lipinski definition) is 1. The summed E-state index contributed by atoms with van der Waals surface area (Å²) in [5, 5.41) is 41.5. The Morgan fingerprint density at radius 1 is 1.04 bits per heavy atom. The molecule has 0 aromatic carbocycles. The van der Waals surface area contributed by atoms with E-state index in [1.165, 1.54) is 6.92 Å². The fourth-order valence-corrected chi connectivity index (χ4v) is 1.84. The van der Waals surface area contributed by atoms with Crippen molar-refractivity contribution < 1.29 is 91.4 Å². The number of rotatable bonds is 12. The molecule has 0 aromatic rings. The summed E-state index contributed by atoms with van der Waals surface area (Å²) in [6.07, 6.45) is 0.723. The zero-order chi connectivity index (χ0) is 18.0. The molecule has 1 N–H and O–H groups in total. The summed E-state index contributed by atoms with van der Waals surface area (Å²) in [6.45, 7) is 3.47. The summed E-state index contributed by atoms with van der Waals surface area (Å²) >= 11 is 0. The minimum absolute atomic E-state index is 0. The van der Waals surface area contributed by atoms with Gasteiger partial charge in [0.2, 0.25) is 0 Å². The van der Waals surface area contributed by atoms with Gasteiger partial charge >= 0.3 is 62.6 Å². The van der Waals surface area contributed by atoms with Gasteiger partial charge in [-0.1, -0.05) is 6.58 Å². The molecule has 0 amide bonds. The number of carbonyl (C=O) groups is 3. The largest absolute Gasteiger partial charge is 1.00 e. The molecule has 0 aliphatic carbocycles. The Bertz CT molecular complexity index is 485. The Kier molecular flexibility index (Phi) is 22.6.